The molecule has 10 heavy (non-hydrogen) atoms. The second kappa shape index (κ2) is 2.52. The number of allylic oxidation sites excluding steroid dienone is 1. The van der Waals surface area contributed by atoms with Gasteiger partial charge in [-0.05, 0) is 24.6 Å². The third-order valence-electron chi connectivity index (χ3n) is 1.30. The van der Waals surface area contributed by atoms with E-state index >= 15 is 0 Å². The van der Waals surface area contributed by atoms with Crippen molar-refractivity contribution in [1.82, 2.24) is 4.98 Å². The Balaban J connectivity index is 3.15. The molecule has 0 aliphatic rings. The van der Waals surface area contributed by atoms with E-state index in [4.69, 9.17) is 5.73 Å². The number of pyridine rings is 1. The summed E-state index contributed by atoms with van der Waals surface area (Å²) < 4.78 is 0. The first-order valence-corrected chi connectivity index (χ1v) is 3.08. The Labute approximate surface area is 60.4 Å². The minimum Gasteiger partial charge on any atom is -0.383 e. The smallest absolute Gasteiger partial charge is 0.130 e. The van der Waals surface area contributed by atoms with Gasteiger partial charge in [0.25, 0.3) is 0 Å². The number of rotatable bonds is 1. The van der Waals surface area contributed by atoms with E-state index in [2.05, 4.69) is 11.6 Å². The Bertz CT molecular complexity index is 253. The van der Waals surface area contributed by atoms with Crippen LogP contribution in [0.3, 0.4) is 0 Å². The van der Waals surface area contributed by atoms with Crippen LogP contribution in [0.4, 0.5) is 5.82 Å². The Hall–Kier alpha value is -1.31. The largest absolute Gasteiger partial charge is 0.383 e. The van der Waals surface area contributed by atoms with Crippen molar-refractivity contribution in [2.24, 2.45) is 0 Å². The monoisotopic (exact) mass is 134 g/mol. The summed E-state index contributed by atoms with van der Waals surface area (Å²) in [6, 6.07) is 3.76. The summed E-state index contributed by atoms with van der Waals surface area (Å²) in [5.41, 5.74) is 7.43. The van der Waals surface area contributed by atoms with E-state index in [0.29, 0.717) is 5.82 Å². The van der Waals surface area contributed by atoms with E-state index in [9.17, 15) is 0 Å². The van der Waals surface area contributed by atoms with Crippen LogP contribution in [0.5, 0.6) is 0 Å². The first-order valence-electron chi connectivity index (χ1n) is 3.08. The number of nitrogens with two attached hydrogens (primary N) is 1. The highest BCUT2D eigenvalue weighted by atomic mass is 14.8. The van der Waals surface area contributed by atoms with Crippen molar-refractivity contribution >= 4 is 11.4 Å². The van der Waals surface area contributed by atoms with Gasteiger partial charge in [-0.1, -0.05) is 6.58 Å². The van der Waals surface area contributed by atoms with E-state index in [1.165, 1.54) is 0 Å². The molecule has 0 saturated heterocycles. The summed E-state index contributed by atoms with van der Waals surface area (Å²) >= 11 is 0. The summed E-state index contributed by atoms with van der Waals surface area (Å²) in [4.78, 5) is 3.92. The molecule has 0 saturated carbocycles. The lowest BCUT2D eigenvalue weighted by atomic mass is 10.1. The molecule has 0 atom stereocenters. The van der Waals surface area contributed by atoms with Gasteiger partial charge in [-0.2, -0.15) is 0 Å². The maximum Gasteiger partial charge on any atom is 0.130 e. The average Bonchev–Trinajstić information content (AvgIpc) is 1.88. The first-order chi connectivity index (χ1) is 4.72. The van der Waals surface area contributed by atoms with Crippen LogP contribution in [0, 0.1) is 0 Å². The third kappa shape index (κ3) is 1.16. The molecule has 0 unspecified atom stereocenters. The predicted molar refractivity (Wildman–Crippen MR) is 43.4 cm³/mol. The molecule has 0 bridgehead atoms. The predicted octanol–water partition coefficient (Wildman–Crippen LogP) is 1.70. The summed E-state index contributed by atoms with van der Waals surface area (Å²) in [5.74, 6) is 0.551. The quantitative estimate of drug-likeness (QED) is 0.634. The van der Waals surface area contributed by atoms with Crippen LogP contribution >= 0.6 is 0 Å². The van der Waals surface area contributed by atoms with Gasteiger partial charge in [0.15, 0.2) is 0 Å². The van der Waals surface area contributed by atoms with Gasteiger partial charge in [0.05, 0.1) is 0 Å². The van der Waals surface area contributed by atoms with Gasteiger partial charge in [-0.25, -0.2) is 4.98 Å². The van der Waals surface area contributed by atoms with E-state index in [1.807, 2.05) is 19.1 Å². The third-order valence-corrected chi connectivity index (χ3v) is 1.30. The molecule has 52 valence electrons. The van der Waals surface area contributed by atoms with Gasteiger partial charge < -0.3 is 5.73 Å². The summed E-state index contributed by atoms with van der Waals surface area (Å²) in [5, 5.41) is 0. The molecular weight excluding hydrogens is 124 g/mol. The highest BCUT2D eigenvalue weighted by molar-refractivity contribution is 5.69. The van der Waals surface area contributed by atoms with Crippen LogP contribution in [0.15, 0.2) is 24.9 Å². The molecule has 0 radical (unpaired) electrons. The molecule has 2 heteroatoms. The molecule has 0 aromatic carbocycles. The van der Waals surface area contributed by atoms with Crippen LogP contribution in [-0.2, 0) is 0 Å². The SMILES string of the molecule is C=C(C)c1cccnc1N. The molecule has 0 fully saturated rings. The standard InChI is InChI=1S/C8H10N2/c1-6(2)7-4-3-5-10-8(7)9/h3-5H,1H2,2H3,(H2,9,10). The minimum absolute atomic E-state index is 0.551. The van der Waals surface area contributed by atoms with Crippen molar-refractivity contribution in [3.8, 4) is 0 Å². The van der Waals surface area contributed by atoms with Crippen molar-refractivity contribution in [3.63, 3.8) is 0 Å². The maximum atomic E-state index is 5.55. The molecule has 1 rings (SSSR count). The van der Waals surface area contributed by atoms with Gasteiger partial charge in [-0.15, -0.1) is 0 Å². The van der Waals surface area contributed by atoms with Gasteiger partial charge >= 0.3 is 0 Å². The molecular formula is C8H10N2. The Morgan fingerprint density at radius 3 is 2.80 bits per heavy atom. The lowest BCUT2D eigenvalue weighted by Gasteiger charge is -2.00. The zero-order valence-electron chi connectivity index (χ0n) is 5.96. The lowest BCUT2D eigenvalue weighted by molar-refractivity contribution is 1.31. The maximum absolute atomic E-state index is 5.55. The summed E-state index contributed by atoms with van der Waals surface area (Å²) in [6.07, 6.45) is 1.67. The van der Waals surface area contributed by atoms with Crippen molar-refractivity contribution < 1.29 is 0 Å². The van der Waals surface area contributed by atoms with Gasteiger partial charge in [0.2, 0.25) is 0 Å². The number of nitrogens with zero attached hydrogens (tertiary/aromatic N) is 1. The van der Waals surface area contributed by atoms with Gasteiger partial charge in [0, 0.05) is 11.8 Å². The minimum atomic E-state index is 0.551. The van der Waals surface area contributed by atoms with E-state index in [-0.39, 0.29) is 0 Å². The number of hydrogen-bond donors (Lipinski definition) is 1. The summed E-state index contributed by atoms with van der Waals surface area (Å²) in [7, 11) is 0. The summed E-state index contributed by atoms with van der Waals surface area (Å²) in [6.45, 7) is 5.68. The number of anilines is 1. The van der Waals surface area contributed by atoms with Crippen LogP contribution < -0.4 is 5.73 Å². The second-order valence-electron chi connectivity index (χ2n) is 2.22. The first kappa shape index (κ1) is 6.81. The highest BCUT2D eigenvalue weighted by Crippen LogP contribution is 2.15. The van der Waals surface area contributed by atoms with Crippen LogP contribution in [0.25, 0.3) is 5.57 Å². The van der Waals surface area contributed by atoms with Gasteiger partial charge in [-0.3, -0.25) is 0 Å². The van der Waals surface area contributed by atoms with E-state index in [0.717, 1.165) is 11.1 Å². The molecule has 1 aromatic heterocycles. The Morgan fingerprint density at radius 2 is 2.40 bits per heavy atom. The van der Waals surface area contributed by atoms with E-state index < -0.39 is 0 Å². The average molecular weight is 134 g/mol. The van der Waals surface area contributed by atoms with Crippen molar-refractivity contribution in [2.45, 2.75) is 6.92 Å². The van der Waals surface area contributed by atoms with Crippen molar-refractivity contribution in [2.75, 3.05) is 5.73 Å². The van der Waals surface area contributed by atoms with Crippen LogP contribution in [0.2, 0.25) is 0 Å². The van der Waals surface area contributed by atoms with E-state index in [1.54, 1.807) is 6.20 Å². The van der Waals surface area contributed by atoms with Crippen LogP contribution in [-0.4, -0.2) is 4.98 Å². The highest BCUT2D eigenvalue weighted by Gasteiger charge is 1.96. The Kier molecular flexibility index (Phi) is 1.71. The fourth-order valence-electron chi connectivity index (χ4n) is 0.778. The zero-order chi connectivity index (χ0) is 7.56. The van der Waals surface area contributed by atoms with Crippen molar-refractivity contribution in [3.05, 3.63) is 30.5 Å². The fourth-order valence-corrected chi connectivity index (χ4v) is 0.778. The fraction of sp³-hybridized carbons (Fsp3) is 0.125. The number of aromatic nitrogens is 1. The molecule has 0 aliphatic carbocycles. The van der Waals surface area contributed by atoms with Gasteiger partial charge in [0.1, 0.15) is 5.82 Å². The normalized spacial score (nSPS) is 9.30. The molecule has 2 nitrogen and oxygen atoms in total. The second-order valence-corrected chi connectivity index (χ2v) is 2.22. The lowest BCUT2D eigenvalue weighted by Crippen LogP contribution is -1.93. The molecule has 0 aliphatic heterocycles. The topological polar surface area (TPSA) is 38.9 Å². The zero-order valence-corrected chi connectivity index (χ0v) is 5.96. The number of nitrogen functional groups attached to an aromatic ring is 1. The van der Waals surface area contributed by atoms with Crippen molar-refractivity contribution in [1.29, 1.82) is 0 Å². The number of hydrogen-bond acceptors (Lipinski definition) is 2. The van der Waals surface area contributed by atoms with Crippen LogP contribution in [0.1, 0.15) is 12.5 Å². The Morgan fingerprint density at radius 1 is 1.70 bits per heavy atom. The molecule has 1 aromatic rings. The molecule has 2 N–H and O–H groups in total. The molecule has 1 heterocycles. The molecule has 0 amide bonds. The molecule has 0 spiro atoms.